The van der Waals surface area contributed by atoms with Gasteiger partial charge in [-0.3, -0.25) is 4.57 Å². The molecule has 0 radical (unpaired) electrons. The van der Waals surface area contributed by atoms with Gasteiger partial charge in [-0.15, -0.1) is 0 Å². The zero-order valence-electron chi connectivity index (χ0n) is 16.1. The minimum Gasteiger partial charge on any atom is -0.497 e. The first-order valence-electron chi connectivity index (χ1n) is 8.74. The van der Waals surface area contributed by atoms with Crippen LogP contribution >= 0.6 is 0 Å². The molecule has 29 heavy (non-hydrogen) atoms. The van der Waals surface area contributed by atoms with Gasteiger partial charge in [0.25, 0.3) is 0 Å². The highest BCUT2D eigenvalue weighted by atomic mass is 16.5. The molecule has 0 aliphatic heterocycles. The molecule has 8 heteroatoms. The van der Waals surface area contributed by atoms with Crippen LogP contribution in [0, 0.1) is 18.3 Å². The summed E-state index contributed by atoms with van der Waals surface area (Å²) in [4.78, 5) is 21.4. The summed E-state index contributed by atoms with van der Waals surface area (Å²) in [5.41, 5.74) is 10.0. The van der Waals surface area contributed by atoms with E-state index in [1.54, 1.807) is 29.9 Å². The van der Waals surface area contributed by atoms with E-state index in [9.17, 15) is 10.1 Å². The van der Waals surface area contributed by atoms with Gasteiger partial charge in [0.05, 0.1) is 31.0 Å². The first-order chi connectivity index (χ1) is 14.0. The number of carbonyl (C=O) groups is 1. The number of benzene rings is 2. The highest BCUT2D eigenvalue weighted by Gasteiger charge is 2.22. The number of esters is 1. The number of anilines is 1. The fraction of sp³-hybridized carbons (Fsp3) is 0.143. The lowest BCUT2D eigenvalue weighted by molar-refractivity contribution is 0.0602. The van der Waals surface area contributed by atoms with Crippen molar-refractivity contribution in [2.75, 3.05) is 20.0 Å². The van der Waals surface area contributed by atoms with E-state index < -0.39 is 5.97 Å². The molecule has 0 amide bonds. The van der Waals surface area contributed by atoms with E-state index in [0.717, 1.165) is 11.3 Å². The van der Waals surface area contributed by atoms with Gasteiger partial charge in [-0.25, -0.2) is 14.8 Å². The lowest BCUT2D eigenvalue weighted by atomic mass is 10.1. The van der Waals surface area contributed by atoms with Crippen molar-refractivity contribution in [2.24, 2.45) is 0 Å². The van der Waals surface area contributed by atoms with E-state index in [0.29, 0.717) is 27.9 Å². The van der Waals surface area contributed by atoms with Gasteiger partial charge in [0.2, 0.25) is 0 Å². The summed E-state index contributed by atoms with van der Waals surface area (Å²) in [5.74, 6) is 0.333. The molecule has 2 aromatic carbocycles. The number of fused-ring (bicyclic) bond motifs is 2. The molecular formula is C21H17N5O3. The van der Waals surface area contributed by atoms with E-state index in [-0.39, 0.29) is 16.9 Å². The minimum absolute atomic E-state index is 0.191. The molecular weight excluding hydrogens is 370 g/mol. The maximum absolute atomic E-state index is 12.1. The number of aromatic nitrogens is 3. The Bertz CT molecular complexity index is 1330. The number of nitrogens with zero attached hydrogens (tertiary/aromatic N) is 4. The first kappa shape index (κ1) is 18.3. The fourth-order valence-corrected chi connectivity index (χ4v) is 3.32. The summed E-state index contributed by atoms with van der Waals surface area (Å²) < 4.78 is 11.9. The smallest absolute Gasteiger partial charge is 0.340 e. The lowest BCUT2D eigenvalue weighted by Crippen LogP contribution is -2.05. The van der Waals surface area contributed by atoms with Gasteiger partial charge in [-0.05, 0) is 30.7 Å². The number of carbonyl (C=O) groups excluding carboxylic acids is 1. The third-order valence-electron chi connectivity index (χ3n) is 4.80. The van der Waals surface area contributed by atoms with Crippen LogP contribution in [0.5, 0.6) is 5.75 Å². The fourth-order valence-electron chi connectivity index (χ4n) is 3.32. The third kappa shape index (κ3) is 2.72. The molecule has 144 valence electrons. The predicted molar refractivity (Wildman–Crippen MR) is 108 cm³/mol. The Hall–Kier alpha value is -4.12. The number of hydrogen-bond acceptors (Lipinski definition) is 7. The summed E-state index contributed by atoms with van der Waals surface area (Å²) in [6.45, 7) is 1.93. The van der Waals surface area contributed by atoms with Crippen molar-refractivity contribution in [2.45, 2.75) is 6.92 Å². The van der Waals surface area contributed by atoms with Crippen molar-refractivity contribution in [3.63, 3.8) is 0 Å². The molecule has 8 nitrogen and oxygen atoms in total. The van der Waals surface area contributed by atoms with Crippen molar-refractivity contribution < 1.29 is 14.3 Å². The monoisotopic (exact) mass is 387 g/mol. The zero-order chi connectivity index (χ0) is 20.7. The Morgan fingerprint density at radius 2 is 1.97 bits per heavy atom. The van der Waals surface area contributed by atoms with Crippen LogP contribution in [-0.2, 0) is 4.74 Å². The van der Waals surface area contributed by atoms with E-state index >= 15 is 0 Å². The topological polar surface area (TPSA) is 116 Å². The number of hydrogen-bond donors (Lipinski definition) is 1. The van der Waals surface area contributed by atoms with Crippen LogP contribution in [0.25, 0.3) is 27.9 Å². The van der Waals surface area contributed by atoms with Crippen LogP contribution in [0.15, 0.2) is 36.4 Å². The molecule has 4 rings (SSSR count). The van der Waals surface area contributed by atoms with Crippen molar-refractivity contribution in [3.8, 4) is 17.5 Å². The highest BCUT2D eigenvalue weighted by Crippen LogP contribution is 2.33. The number of nitrogens with two attached hydrogens (primary N) is 1. The standard InChI is InChI=1S/C21H17N5O3/c1-11-7-8-12(28-2)9-16(11)26-19(23)14(10-22)18-20(26)24-15-6-4-5-13(17(15)25-18)21(27)29-3/h4-9H,23H2,1-3H3. The molecule has 0 aliphatic rings. The molecule has 0 saturated carbocycles. The summed E-state index contributed by atoms with van der Waals surface area (Å²) >= 11 is 0. The SMILES string of the molecule is COC(=O)c1cccc2nc3c(nc12)c(C#N)c(N)n3-c1cc(OC)ccc1C. The predicted octanol–water partition coefficient (Wildman–Crippen LogP) is 3.13. The van der Waals surface area contributed by atoms with Crippen LogP contribution in [0.1, 0.15) is 21.5 Å². The number of nitriles is 1. The quantitative estimate of drug-likeness (QED) is 0.537. The average molecular weight is 387 g/mol. The van der Waals surface area contributed by atoms with Crippen molar-refractivity contribution in [1.82, 2.24) is 14.5 Å². The van der Waals surface area contributed by atoms with Crippen LogP contribution in [0.2, 0.25) is 0 Å². The summed E-state index contributed by atoms with van der Waals surface area (Å²) in [6, 6.07) is 12.7. The Morgan fingerprint density at radius 1 is 1.17 bits per heavy atom. The number of para-hydroxylation sites is 1. The van der Waals surface area contributed by atoms with Crippen molar-refractivity contribution >= 4 is 34.0 Å². The number of ether oxygens (including phenoxy) is 2. The summed E-state index contributed by atoms with van der Waals surface area (Å²) in [7, 11) is 2.88. The maximum Gasteiger partial charge on any atom is 0.340 e. The Balaban J connectivity index is 2.13. The van der Waals surface area contributed by atoms with Gasteiger partial charge in [0.1, 0.15) is 34.2 Å². The minimum atomic E-state index is -0.529. The molecule has 0 atom stereocenters. The molecule has 2 aromatic heterocycles. The molecule has 0 spiro atoms. The maximum atomic E-state index is 12.1. The number of nitrogen functional groups attached to an aromatic ring is 1. The first-order valence-corrected chi connectivity index (χ1v) is 8.74. The normalized spacial score (nSPS) is 10.8. The second-order valence-electron chi connectivity index (χ2n) is 6.42. The molecule has 0 aliphatic carbocycles. The molecule has 4 aromatic rings. The number of aryl methyl sites for hydroxylation is 1. The zero-order valence-corrected chi connectivity index (χ0v) is 16.1. The van der Waals surface area contributed by atoms with Gasteiger partial charge in [-0.2, -0.15) is 5.26 Å². The van der Waals surface area contributed by atoms with E-state index in [1.165, 1.54) is 7.11 Å². The van der Waals surface area contributed by atoms with Crippen molar-refractivity contribution in [1.29, 1.82) is 5.26 Å². The molecule has 0 fully saturated rings. The van der Waals surface area contributed by atoms with Gasteiger partial charge in [0, 0.05) is 6.07 Å². The average Bonchev–Trinajstić information content (AvgIpc) is 3.01. The van der Waals surface area contributed by atoms with E-state index in [4.69, 9.17) is 15.2 Å². The summed E-state index contributed by atoms with van der Waals surface area (Å²) in [5, 5.41) is 9.72. The van der Waals surface area contributed by atoms with Gasteiger partial charge in [0.15, 0.2) is 5.65 Å². The van der Waals surface area contributed by atoms with Crippen LogP contribution in [0.4, 0.5) is 5.82 Å². The van der Waals surface area contributed by atoms with Crippen molar-refractivity contribution in [3.05, 3.63) is 53.1 Å². The summed E-state index contributed by atoms with van der Waals surface area (Å²) in [6.07, 6.45) is 0. The molecule has 2 N–H and O–H groups in total. The second kappa shape index (κ2) is 6.80. The third-order valence-corrected chi connectivity index (χ3v) is 4.80. The number of rotatable bonds is 3. The van der Waals surface area contributed by atoms with Crippen LogP contribution in [-0.4, -0.2) is 34.7 Å². The Labute approximate surface area is 166 Å². The number of methoxy groups -OCH3 is 2. The van der Waals surface area contributed by atoms with Gasteiger partial charge >= 0.3 is 5.97 Å². The molecule has 2 heterocycles. The molecule has 0 unspecified atom stereocenters. The lowest BCUT2D eigenvalue weighted by Gasteiger charge is -2.12. The highest BCUT2D eigenvalue weighted by molar-refractivity contribution is 6.04. The van der Waals surface area contributed by atoms with E-state index in [2.05, 4.69) is 16.0 Å². The molecule has 0 bridgehead atoms. The van der Waals surface area contributed by atoms with Crippen LogP contribution < -0.4 is 10.5 Å². The van der Waals surface area contributed by atoms with Crippen LogP contribution in [0.3, 0.4) is 0 Å². The Kier molecular flexibility index (Phi) is 4.28. The second-order valence-corrected chi connectivity index (χ2v) is 6.42. The molecule has 0 saturated heterocycles. The van der Waals surface area contributed by atoms with E-state index in [1.807, 2.05) is 25.1 Å². The Morgan fingerprint density at radius 3 is 2.66 bits per heavy atom. The van der Waals surface area contributed by atoms with Gasteiger partial charge in [-0.1, -0.05) is 12.1 Å². The largest absolute Gasteiger partial charge is 0.497 e. The van der Waals surface area contributed by atoms with Gasteiger partial charge < -0.3 is 15.2 Å².